The van der Waals surface area contributed by atoms with Gasteiger partial charge in [0.2, 0.25) is 10.1 Å². The van der Waals surface area contributed by atoms with Crippen LogP contribution in [0.15, 0.2) is 41.3 Å². The predicted molar refractivity (Wildman–Crippen MR) is 80.2 cm³/mol. The molecule has 1 N–H and O–H groups in total. The lowest BCUT2D eigenvalue weighted by Gasteiger charge is -2.10. The number of fused-ring (bicyclic) bond motifs is 2. The zero-order valence-corrected chi connectivity index (χ0v) is 11.8. The SMILES string of the molecule is O=c1ccnc2sc(NC[C@H]3Cc4ccccc4O3)nn12. The van der Waals surface area contributed by atoms with Gasteiger partial charge >= 0.3 is 0 Å². The molecule has 1 atom stereocenters. The van der Waals surface area contributed by atoms with E-state index in [1.165, 1.54) is 33.7 Å². The van der Waals surface area contributed by atoms with E-state index >= 15 is 0 Å². The zero-order chi connectivity index (χ0) is 14.2. The summed E-state index contributed by atoms with van der Waals surface area (Å²) in [6, 6.07) is 9.45. The summed E-state index contributed by atoms with van der Waals surface area (Å²) < 4.78 is 7.16. The Bertz CT molecular complexity index is 832. The van der Waals surface area contributed by atoms with Crippen molar-refractivity contribution in [3.05, 3.63) is 52.4 Å². The Balaban J connectivity index is 1.47. The molecule has 4 rings (SSSR count). The van der Waals surface area contributed by atoms with Crippen LogP contribution in [-0.2, 0) is 6.42 Å². The second-order valence-corrected chi connectivity index (χ2v) is 5.77. The Morgan fingerprint density at radius 2 is 2.29 bits per heavy atom. The van der Waals surface area contributed by atoms with E-state index in [1.54, 1.807) is 0 Å². The summed E-state index contributed by atoms with van der Waals surface area (Å²) in [5, 5.41) is 8.11. The Morgan fingerprint density at radius 1 is 1.38 bits per heavy atom. The molecule has 0 amide bonds. The molecule has 0 unspecified atom stereocenters. The van der Waals surface area contributed by atoms with Gasteiger partial charge in [0.1, 0.15) is 11.9 Å². The van der Waals surface area contributed by atoms with Gasteiger partial charge in [-0.15, -0.1) is 5.10 Å². The van der Waals surface area contributed by atoms with Gasteiger partial charge in [-0.1, -0.05) is 29.5 Å². The van der Waals surface area contributed by atoms with Gasteiger partial charge in [0, 0.05) is 18.7 Å². The van der Waals surface area contributed by atoms with Crippen molar-refractivity contribution >= 4 is 21.4 Å². The number of ether oxygens (including phenoxy) is 1. The lowest BCUT2D eigenvalue weighted by Crippen LogP contribution is -2.24. The Labute approximate surface area is 124 Å². The van der Waals surface area contributed by atoms with Crippen molar-refractivity contribution < 1.29 is 4.74 Å². The van der Waals surface area contributed by atoms with Crippen LogP contribution in [0.25, 0.3) is 4.96 Å². The Kier molecular flexibility index (Phi) is 2.85. The molecule has 0 saturated heterocycles. The molecule has 3 heterocycles. The molecule has 1 aliphatic rings. The summed E-state index contributed by atoms with van der Waals surface area (Å²) in [6.45, 7) is 0.642. The van der Waals surface area contributed by atoms with Crippen LogP contribution in [0.5, 0.6) is 5.75 Å². The summed E-state index contributed by atoms with van der Waals surface area (Å²) in [4.78, 5) is 16.3. The fourth-order valence-electron chi connectivity index (χ4n) is 2.38. The minimum absolute atomic E-state index is 0.0825. The minimum atomic E-state index is -0.172. The molecule has 21 heavy (non-hydrogen) atoms. The quantitative estimate of drug-likeness (QED) is 0.795. The summed E-state index contributed by atoms with van der Waals surface area (Å²) >= 11 is 1.35. The van der Waals surface area contributed by atoms with E-state index in [-0.39, 0.29) is 11.7 Å². The number of aromatic nitrogens is 3. The Hall–Kier alpha value is -2.41. The monoisotopic (exact) mass is 300 g/mol. The fraction of sp³-hybridized carbons (Fsp3) is 0.214. The van der Waals surface area contributed by atoms with Gasteiger partial charge in [0.25, 0.3) is 5.56 Å². The third kappa shape index (κ3) is 2.25. The van der Waals surface area contributed by atoms with Gasteiger partial charge in [0.05, 0.1) is 6.54 Å². The first-order valence-electron chi connectivity index (χ1n) is 6.63. The highest BCUT2D eigenvalue weighted by Gasteiger charge is 2.22. The van der Waals surface area contributed by atoms with Crippen molar-refractivity contribution in [2.75, 3.05) is 11.9 Å². The molecular formula is C14H12N4O2S. The van der Waals surface area contributed by atoms with Crippen molar-refractivity contribution in [3.8, 4) is 5.75 Å². The van der Waals surface area contributed by atoms with Gasteiger partial charge in [-0.25, -0.2) is 4.98 Å². The number of hydrogen-bond acceptors (Lipinski definition) is 6. The highest BCUT2D eigenvalue weighted by atomic mass is 32.1. The van der Waals surface area contributed by atoms with Gasteiger partial charge in [-0.05, 0) is 11.6 Å². The van der Waals surface area contributed by atoms with Crippen LogP contribution >= 0.6 is 11.3 Å². The maximum atomic E-state index is 11.6. The van der Waals surface area contributed by atoms with Gasteiger partial charge < -0.3 is 10.1 Å². The highest BCUT2D eigenvalue weighted by Crippen LogP contribution is 2.28. The van der Waals surface area contributed by atoms with Gasteiger partial charge in [0.15, 0.2) is 0 Å². The van der Waals surface area contributed by atoms with E-state index in [2.05, 4.69) is 21.5 Å². The van der Waals surface area contributed by atoms with Crippen LogP contribution in [0.1, 0.15) is 5.56 Å². The van der Waals surface area contributed by atoms with Crippen LogP contribution in [0.3, 0.4) is 0 Å². The molecule has 6 nitrogen and oxygen atoms in total. The number of nitrogens with zero attached hydrogens (tertiary/aromatic N) is 3. The van der Waals surface area contributed by atoms with Gasteiger partial charge in [-0.2, -0.15) is 4.52 Å². The number of rotatable bonds is 3. The van der Waals surface area contributed by atoms with Crippen LogP contribution in [0.2, 0.25) is 0 Å². The summed E-state index contributed by atoms with van der Waals surface area (Å²) in [5.41, 5.74) is 1.06. The first kappa shape index (κ1) is 12.3. The number of benzene rings is 1. The molecule has 106 valence electrons. The molecule has 0 saturated carbocycles. The molecule has 0 bridgehead atoms. The average Bonchev–Trinajstić information content (AvgIpc) is 3.09. The third-order valence-corrected chi connectivity index (χ3v) is 4.25. The molecule has 3 aromatic rings. The second-order valence-electron chi connectivity index (χ2n) is 4.82. The minimum Gasteiger partial charge on any atom is -0.488 e. The highest BCUT2D eigenvalue weighted by molar-refractivity contribution is 7.20. The first-order chi connectivity index (χ1) is 10.3. The van der Waals surface area contributed by atoms with Crippen molar-refractivity contribution in [3.63, 3.8) is 0 Å². The van der Waals surface area contributed by atoms with Crippen LogP contribution < -0.4 is 15.6 Å². The Morgan fingerprint density at radius 3 is 3.14 bits per heavy atom. The standard InChI is InChI=1S/C14H12N4O2S/c19-12-5-6-15-14-18(12)17-13(21-14)16-8-10-7-9-3-1-2-4-11(9)20-10/h1-6,10H,7-8H2,(H,16,17)/t10-/m1/s1. The largest absolute Gasteiger partial charge is 0.488 e. The van der Waals surface area contributed by atoms with Crippen molar-refractivity contribution in [1.29, 1.82) is 0 Å². The molecule has 0 spiro atoms. The third-order valence-electron chi connectivity index (χ3n) is 3.37. The molecular weight excluding hydrogens is 288 g/mol. The van der Waals surface area contributed by atoms with Crippen LogP contribution in [0.4, 0.5) is 5.13 Å². The molecule has 0 radical (unpaired) electrons. The molecule has 2 aromatic heterocycles. The predicted octanol–water partition coefficient (Wildman–Crippen LogP) is 1.57. The van der Waals surface area contributed by atoms with Crippen LogP contribution in [0, 0.1) is 0 Å². The molecule has 1 aliphatic heterocycles. The first-order valence-corrected chi connectivity index (χ1v) is 7.44. The van der Waals surface area contributed by atoms with Crippen molar-refractivity contribution in [2.24, 2.45) is 0 Å². The maximum absolute atomic E-state index is 11.6. The number of anilines is 1. The zero-order valence-electron chi connectivity index (χ0n) is 11.0. The lowest BCUT2D eigenvalue weighted by atomic mass is 10.1. The topological polar surface area (TPSA) is 68.5 Å². The van der Waals surface area contributed by atoms with E-state index in [1.807, 2.05) is 18.2 Å². The summed E-state index contributed by atoms with van der Waals surface area (Å²) in [6.07, 6.45) is 2.46. The van der Waals surface area contributed by atoms with E-state index in [9.17, 15) is 4.79 Å². The van der Waals surface area contributed by atoms with Crippen LogP contribution in [-0.4, -0.2) is 27.2 Å². The molecule has 0 aliphatic carbocycles. The van der Waals surface area contributed by atoms with E-state index in [0.29, 0.717) is 16.6 Å². The smallest absolute Gasteiger partial charge is 0.275 e. The molecule has 7 heteroatoms. The summed E-state index contributed by atoms with van der Waals surface area (Å²) in [5.74, 6) is 0.950. The molecule has 0 fully saturated rings. The van der Waals surface area contributed by atoms with E-state index < -0.39 is 0 Å². The molecule has 1 aromatic carbocycles. The van der Waals surface area contributed by atoms with E-state index in [4.69, 9.17) is 4.74 Å². The lowest BCUT2D eigenvalue weighted by molar-refractivity contribution is 0.246. The van der Waals surface area contributed by atoms with Gasteiger partial charge in [-0.3, -0.25) is 4.79 Å². The number of para-hydroxylation sites is 1. The fourth-order valence-corrected chi connectivity index (χ4v) is 3.17. The number of hydrogen-bond donors (Lipinski definition) is 1. The normalized spacial score (nSPS) is 16.7. The maximum Gasteiger partial charge on any atom is 0.275 e. The second kappa shape index (κ2) is 4.85. The van der Waals surface area contributed by atoms with Crippen molar-refractivity contribution in [1.82, 2.24) is 14.6 Å². The number of nitrogens with one attached hydrogen (secondary N) is 1. The van der Waals surface area contributed by atoms with E-state index in [0.717, 1.165) is 12.2 Å². The van der Waals surface area contributed by atoms with Crippen molar-refractivity contribution in [2.45, 2.75) is 12.5 Å². The average molecular weight is 300 g/mol. The summed E-state index contributed by atoms with van der Waals surface area (Å²) in [7, 11) is 0.